The van der Waals surface area contributed by atoms with Crippen LogP contribution in [0.1, 0.15) is 15.9 Å². The number of anilines is 1. The minimum atomic E-state index is -4.54. The summed E-state index contributed by atoms with van der Waals surface area (Å²) in [6, 6.07) is 6.80. The number of nitrogens with two attached hydrogens (primary N) is 1. The zero-order valence-corrected chi connectivity index (χ0v) is 14.9. The second-order valence-electron chi connectivity index (χ2n) is 5.50. The van der Waals surface area contributed by atoms with Gasteiger partial charge in [0.15, 0.2) is 18.1 Å². The van der Waals surface area contributed by atoms with Crippen LogP contribution in [-0.4, -0.2) is 32.6 Å². The highest BCUT2D eigenvalue weighted by Crippen LogP contribution is 2.39. The molecule has 0 aliphatic rings. The maximum absolute atomic E-state index is 12.8. The SMILES string of the molecule is COc1cc(C(=O)Nc2cccc(C(F)(F)F)c2)cc(OC)c1OCC(N)=O. The van der Waals surface area contributed by atoms with E-state index in [-0.39, 0.29) is 28.5 Å². The number of primary amides is 1. The molecule has 2 rings (SSSR count). The molecular formula is C18H17F3N2O5. The molecule has 0 bridgehead atoms. The summed E-state index contributed by atoms with van der Waals surface area (Å²) in [5.41, 5.74) is 4.15. The molecule has 10 heteroatoms. The van der Waals surface area contributed by atoms with E-state index in [1.54, 1.807) is 0 Å². The van der Waals surface area contributed by atoms with Crippen LogP contribution in [-0.2, 0) is 11.0 Å². The molecule has 0 aromatic heterocycles. The molecule has 2 aromatic carbocycles. The van der Waals surface area contributed by atoms with Gasteiger partial charge >= 0.3 is 6.18 Å². The summed E-state index contributed by atoms with van der Waals surface area (Å²) < 4.78 is 53.9. The van der Waals surface area contributed by atoms with Gasteiger partial charge in [0, 0.05) is 11.3 Å². The minimum absolute atomic E-state index is 0.0354. The Hall–Kier alpha value is -3.43. The monoisotopic (exact) mass is 398 g/mol. The number of halogens is 3. The zero-order chi connectivity index (χ0) is 20.9. The van der Waals surface area contributed by atoms with E-state index < -0.39 is 30.2 Å². The third kappa shape index (κ3) is 5.06. The smallest absolute Gasteiger partial charge is 0.416 e. The molecule has 0 unspecified atom stereocenters. The lowest BCUT2D eigenvalue weighted by Gasteiger charge is -2.15. The van der Waals surface area contributed by atoms with Gasteiger partial charge in [0.2, 0.25) is 5.75 Å². The van der Waals surface area contributed by atoms with Crippen molar-refractivity contribution in [3.8, 4) is 17.2 Å². The highest BCUT2D eigenvalue weighted by Gasteiger charge is 2.30. The van der Waals surface area contributed by atoms with Gasteiger partial charge in [-0.2, -0.15) is 13.2 Å². The molecule has 3 N–H and O–H groups in total. The van der Waals surface area contributed by atoms with Crippen molar-refractivity contribution in [2.45, 2.75) is 6.18 Å². The Kier molecular flexibility index (Phi) is 6.34. The number of rotatable bonds is 7. The Labute approximate surface area is 158 Å². The van der Waals surface area contributed by atoms with Gasteiger partial charge in [0.05, 0.1) is 19.8 Å². The van der Waals surface area contributed by atoms with Crippen LogP contribution in [0, 0.1) is 0 Å². The summed E-state index contributed by atoms with van der Waals surface area (Å²) in [5, 5.41) is 2.38. The van der Waals surface area contributed by atoms with E-state index in [2.05, 4.69) is 5.32 Å². The Balaban J connectivity index is 2.32. The van der Waals surface area contributed by atoms with Crippen molar-refractivity contribution >= 4 is 17.5 Å². The molecule has 28 heavy (non-hydrogen) atoms. The van der Waals surface area contributed by atoms with Crippen LogP contribution < -0.4 is 25.3 Å². The first-order valence-corrected chi connectivity index (χ1v) is 7.81. The first-order chi connectivity index (χ1) is 13.2. The highest BCUT2D eigenvalue weighted by molar-refractivity contribution is 6.05. The van der Waals surface area contributed by atoms with Crippen molar-refractivity contribution in [2.75, 3.05) is 26.1 Å². The van der Waals surface area contributed by atoms with Gasteiger partial charge in [-0.25, -0.2) is 0 Å². The fraction of sp³-hybridized carbons (Fsp3) is 0.222. The van der Waals surface area contributed by atoms with Crippen LogP contribution in [0.15, 0.2) is 36.4 Å². The van der Waals surface area contributed by atoms with Gasteiger partial charge in [-0.1, -0.05) is 6.07 Å². The van der Waals surface area contributed by atoms with Crippen LogP contribution in [0.4, 0.5) is 18.9 Å². The molecule has 0 saturated heterocycles. The summed E-state index contributed by atoms with van der Waals surface area (Å²) in [6.07, 6.45) is -4.54. The first-order valence-electron chi connectivity index (χ1n) is 7.81. The van der Waals surface area contributed by atoms with Crippen LogP contribution in [0.5, 0.6) is 17.2 Å². The van der Waals surface area contributed by atoms with E-state index in [9.17, 15) is 22.8 Å². The molecular weight excluding hydrogens is 381 g/mol. The topological polar surface area (TPSA) is 99.9 Å². The Morgan fingerprint density at radius 3 is 2.18 bits per heavy atom. The molecule has 0 saturated carbocycles. The van der Waals surface area contributed by atoms with Gasteiger partial charge in [-0.05, 0) is 30.3 Å². The number of hydrogen-bond donors (Lipinski definition) is 2. The fourth-order valence-electron chi connectivity index (χ4n) is 2.27. The highest BCUT2D eigenvalue weighted by atomic mass is 19.4. The van der Waals surface area contributed by atoms with Crippen LogP contribution in [0.25, 0.3) is 0 Å². The molecule has 0 radical (unpaired) electrons. The molecule has 150 valence electrons. The molecule has 0 spiro atoms. The van der Waals surface area contributed by atoms with Gasteiger partial charge in [-0.15, -0.1) is 0 Å². The molecule has 0 heterocycles. The van der Waals surface area contributed by atoms with E-state index in [4.69, 9.17) is 19.9 Å². The van der Waals surface area contributed by atoms with Crippen LogP contribution >= 0.6 is 0 Å². The third-order valence-electron chi connectivity index (χ3n) is 3.53. The average Bonchev–Trinajstić information content (AvgIpc) is 2.64. The maximum atomic E-state index is 12.8. The number of nitrogens with one attached hydrogen (secondary N) is 1. The van der Waals surface area contributed by atoms with Crippen molar-refractivity contribution in [3.63, 3.8) is 0 Å². The second-order valence-corrected chi connectivity index (χ2v) is 5.50. The van der Waals surface area contributed by atoms with Gasteiger partial charge < -0.3 is 25.3 Å². The second kappa shape index (κ2) is 8.51. The van der Waals surface area contributed by atoms with Crippen LogP contribution in [0.3, 0.4) is 0 Å². The maximum Gasteiger partial charge on any atom is 0.416 e. The van der Waals surface area contributed by atoms with Gasteiger partial charge in [-0.3, -0.25) is 9.59 Å². The van der Waals surface area contributed by atoms with E-state index >= 15 is 0 Å². The van der Waals surface area contributed by atoms with Crippen molar-refractivity contribution in [1.82, 2.24) is 0 Å². The Bertz CT molecular complexity index is 859. The van der Waals surface area contributed by atoms with Crippen molar-refractivity contribution in [3.05, 3.63) is 47.5 Å². The molecule has 0 atom stereocenters. The number of alkyl halides is 3. The Morgan fingerprint density at radius 2 is 1.68 bits per heavy atom. The quantitative estimate of drug-likeness (QED) is 0.747. The molecule has 2 amide bonds. The lowest BCUT2D eigenvalue weighted by atomic mass is 10.1. The predicted molar refractivity (Wildman–Crippen MR) is 93.6 cm³/mol. The molecule has 2 aromatic rings. The largest absolute Gasteiger partial charge is 0.493 e. The summed E-state index contributed by atoms with van der Waals surface area (Å²) in [7, 11) is 2.61. The lowest BCUT2D eigenvalue weighted by Crippen LogP contribution is -2.20. The zero-order valence-electron chi connectivity index (χ0n) is 14.9. The fourth-order valence-corrected chi connectivity index (χ4v) is 2.27. The molecule has 0 fully saturated rings. The number of amides is 2. The molecule has 0 aliphatic heterocycles. The standard InChI is InChI=1S/C18H17F3N2O5/c1-26-13-6-10(7-14(27-2)16(13)28-9-15(22)24)17(25)23-12-5-3-4-11(8-12)18(19,20)21/h3-8H,9H2,1-2H3,(H2,22,24)(H,23,25). The minimum Gasteiger partial charge on any atom is -0.493 e. The summed E-state index contributed by atoms with van der Waals surface area (Å²) in [5.74, 6) is -1.21. The number of carbonyl (C=O) groups is 2. The van der Waals surface area contributed by atoms with E-state index in [0.29, 0.717) is 0 Å². The number of carbonyl (C=O) groups excluding carboxylic acids is 2. The third-order valence-corrected chi connectivity index (χ3v) is 3.53. The van der Waals surface area contributed by atoms with E-state index in [1.807, 2.05) is 0 Å². The predicted octanol–water partition coefficient (Wildman–Crippen LogP) is 2.84. The van der Waals surface area contributed by atoms with E-state index in [1.165, 1.54) is 38.5 Å². The van der Waals surface area contributed by atoms with Gasteiger partial charge in [0.25, 0.3) is 11.8 Å². The summed E-state index contributed by atoms with van der Waals surface area (Å²) in [4.78, 5) is 23.4. The average molecular weight is 398 g/mol. The Morgan fingerprint density at radius 1 is 1.07 bits per heavy atom. The van der Waals surface area contributed by atoms with Crippen molar-refractivity contribution < 1.29 is 37.0 Å². The summed E-state index contributed by atoms with van der Waals surface area (Å²) >= 11 is 0. The summed E-state index contributed by atoms with van der Waals surface area (Å²) in [6.45, 7) is -0.442. The molecule has 7 nitrogen and oxygen atoms in total. The normalized spacial score (nSPS) is 10.9. The number of methoxy groups -OCH3 is 2. The number of hydrogen-bond acceptors (Lipinski definition) is 5. The van der Waals surface area contributed by atoms with Crippen LogP contribution in [0.2, 0.25) is 0 Å². The first kappa shape index (κ1) is 20.9. The molecule has 0 aliphatic carbocycles. The lowest BCUT2D eigenvalue weighted by molar-refractivity contribution is -0.137. The van der Waals surface area contributed by atoms with E-state index in [0.717, 1.165) is 12.1 Å². The number of benzene rings is 2. The number of ether oxygens (including phenoxy) is 3. The van der Waals surface area contributed by atoms with Gasteiger partial charge in [0.1, 0.15) is 0 Å². The van der Waals surface area contributed by atoms with Crippen molar-refractivity contribution in [1.29, 1.82) is 0 Å². The van der Waals surface area contributed by atoms with Crippen molar-refractivity contribution in [2.24, 2.45) is 5.73 Å².